The van der Waals surface area contributed by atoms with E-state index in [-0.39, 0.29) is 5.88 Å². The van der Waals surface area contributed by atoms with Crippen LogP contribution >= 0.6 is 11.3 Å². The number of thiophene rings is 1. The van der Waals surface area contributed by atoms with Crippen molar-refractivity contribution >= 4 is 17.3 Å². The van der Waals surface area contributed by atoms with E-state index in [1.54, 1.807) is 23.5 Å². The molecular weight excluding hydrogens is 316 g/mol. The summed E-state index contributed by atoms with van der Waals surface area (Å²) in [5.41, 5.74) is 1.74. The van der Waals surface area contributed by atoms with Crippen LogP contribution in [0.25, 0.3) is 0 Å². The first kappa shape index (κ1) is 15.8. The third-order valence-electron chi connectivity index (χ3n) is 4.00. The number of carbonyl (C=O) groups is 1. The smallest absolute Gasteiger partial charge is 0.325 e. The maximum atomic E-state index is 11.9. The van der Waals surface area contributed by atoms with Crippen LogP contribution in [0.15, 0.2) is 23.6 Å². The highest BCUT2D eigenvalue weighted by atomic mass is 32.1. The van der Waals surface area contributed by atoms with Crippen LogP contribution in [-0.2, 0) is 17.8 Å². The fourth-order valence-corrected chi connectivity index (χ4v) is 3.79. The molecule has 0 aliphatic carbocycles. The van der Waals surface area contributed by atoms with Crippen molar-refractivity contribution in [1.29, 1.82) is 0 Å². The van der Waals surface area contributed by atoms with Gasteiger partial charge < -0.3 is 14.6 Å². The van der Waals surface area contributed by atoms with Gasteiger partial charge in [-0.3, -0.25) is 9.69 Å². The van der Waals surface area contributed by atoms with Crippen LogP contribution < -0.4 is 9.47 Å². The standard InChI is InChI=1S/C16H18N2O4S/c1-21-13-4-3-11(15(17-13)22-2)14(16(19)20)18-7-5-12-10(9-18)6-8-23-12/h3-4,6,8,14H,5,7,9H2,1-2H3,(H,19,20)/t14-/m0/s1. The minimum Gasteiger partial charge on any atom is -0.481 e. The molecule has 1 atom stereocenters. The molecule has 0 unspecified atom stereocenters. The molecule has 0 bridgehead atoms. The number of nitrogens with zero attached hydrogens (tertiary/aromatic N) is 2. The van der Waals surface area contributed by atoms with Crippen LogP contribution in [-0.4, -0.2) is 41.7 Å². The van der Waals surface area contributed by atoms with Gasteiger partial charge in [-0.1, -0.05) is 0 Å². The van der Waals surface area contributed by atoms with Crippen LogP contribution in [0.1, 0.15) is 22.0 Å². The lowest BCUT2D eigenvalue weighted by Gasteiger charge is -2.32. The molecule has 122 valence electrons. The van der Waals surface area contributed by atoms with E-state index in [0.29, 0.717) is 24.5 Å². The maximum Gasteiger partial charge on any atom is 0.325 e. The zero-order valence-electron chi connectivity index (χ0n) is 13.0. The zero-order valence-corrected chi connectivity index (χ0v) is 13.8. The Labute approximate surface area is 138 Å². The molecule has 0 spiro atoms. The van der Waals surface area contributed by atoms with E-state index in [1.165, 1.54) is 24.7 Å². The number of methoxy groups -OCH3 is 2. The second kappa shape index (κ2) is 6.55. The lowest BCUT2D eigenvalue weighted by atomic mass is 10.0. The van der Waals surface area contributed by atoms with Gasteiger partial charge in [-0.15, -0.1) is 11.3 Å². The summed E-state index contributed by atoms with van der Waals surface area (Å²) in [6.07, 6.45) is 0.864. The highest BCUT2D eigenvalue weighted by Crippen LogP contribution is 2.34. The van der Waals surface area contributed by atoms with Gasteiger partial charge in [-0.25, -0.2) is 0 Å². The van der Waals surface area contributed by atoms with Gasteiger partial charge in [0.05, 0.1) is 14.2 Å². The summed E-state index contributed by atoms with van der Waals surface area (Å²) >= 11 is 1.73. The summed E-state index contributed by atoms with van der Waals surface area (Å²) in [4.78, 5) is 19.4. The molecule has 1 N–H and O–H groups in total. The number of aliphatic carboxylic acids is 1. The topological polar surface area (TPSA) is 71.9 Å². The zero-order chi connectivity index (χ0) is 16.4. The highest BCUT2D eigenvalue weighted by Gasteiger charge is 2.33. The first-order chi connectivity index (χ1) is 11.1. The number of fused-ring (bicyclic) bond motifs is 1. The number of rotatable bonds is 5. The van der Waals surface area contributed by atoms with Crippen molar-refractivity contribution in [3.8, 4) is 11.8 Å². The summed E-state index contributed by atoms with van der Waals surface area (Å²) in [5, 5.41) is 11.8. The van der Waals surface area contributed by atoms with E-state index in [0.717, 1.165) is 6.42 Å². The minimum atomic E-state index is -0.908. The minimum absolute atomic E-state index is 0.285. The lowest BCUT2D eigenvalue weighted by Crippen LogP contribution is -2.37. The molecule has 2 aromatic rings. The Balaban J connectivity index is 1.95. The number of pyridine rings is 1. The van der Waals surface area contributed by atoms with Crippen molar-refractivity contribution in [1.82, 2.24) is 9.88 Å². The van der Waals surface area contributed by atoms with Gasteiger partial charge in [0.25, 0.3) is 0 Å². The molecule has 7 heteroatoms. The Bertz CT molecular complexity index is 716. The van der Waals surface area contributed by atoms with Gasteiger partial charge in [0.1, 0.15) is 6.04 Å². The van der Waals surface area contributed by atoms with E-state index >= 15 is 0 Å². The quantitative estimate of drug-likeness (QED) is 0.905. The van der Waals surface area contributed by atoms with Gasteiger partial charge >= 0.3 is 5.97 Å². The number of hydrogen-bond acceptors (Lipinski definition) is 6. The Morgan fingerprint density at radius 3 is 2.87 bits per heavy atom. The second-order valence-electron chi connectivity index (χ2n) is 5.28. The van der Waals surface area contributed by atoms with Crippen LogP contribution in [0.4, 0.5) is 0 Å². The second-order valence-corrected chi connectivity index (χ2v) is 6.28. The van der Waals surface area contributed by atoms with Crippen molar-refractivity contribution in [2.45, 2.75) is 19.0 Å². The number of ether oxygens (including phenoxy) is 2. The third-order valence-corrected chi connectivity index (χ3v) is 5.02. The van der Waals surface area contributed by atoms with E-state index < -0.39 is 12.0 Å². The molecule has 6 nitrogen and oxygen atoms in total. The monoisotopic (exact) mass is 334 g/mol. The maximum absolute atomic E-state index is 11.9. The molecule has 0 amide bonds. The molecule has 1 aliphatic heterocycles. The number of carboxylic acid groups (broad SMARTS) is 1. The molecule has 23 heavy (non-hydrogen) atoms. The summed E-state index contributed by atoms with van der Waals surface area (Å²) in [5.74, 6) is -0.227. The Kier molecular flexibility index (Phi) is 4.49. The van der Waals surface area contributed by atoms with Crippen LogP contribution in [0, 0.1) is 0 Å². The molecule has 0 fully saturated rings. The molecule has 3 heterocycles. The molecule has 0 saturated carbocycles. The van der Waals surface area contributed by atoms with Crippen molar-refractivity contribution in [2.24, 2.45) is 0 Å². The first-order valence-corrected chi connectivity index (χ1v) is 8.13. The Morgan fingerprint density at radius 1 is 1.35 bits per heavy atom. The average molecular weight is 334 g/mol. The predicted octanol–water partition coefficient (Wildman–Crippen LogP) is 2.34. The van der Waals surface area contributed by atoms with E-state index in [9.17, 15) is 9.90 Å². The molecular formula is C16H18N2O4S. The van der Waals surface area contributed by atoms with E-state index in [2.05, 4.69) is 16.4 Å². The fraction of sp³-hybridized carbons (Fsp3) is 0.375. The average Bonchev–Trinajstić information content (AvgIpc) is 3.02. The highest BCUT2D eigenvalue weighted by molar-refractivity contribution is 7.10. The number of carboxylic acids is 1. The normalized spacial score (nSPS) is 15.7. The van der Waals surface area contributed by atoms with Gasteiger partial charge in [0.2, 0.25) is 11.8 Å². The molecule has 0 radical (unpaired) electrons. The van der Waals surface area contributed by atoms with Gasteiger partial charge in [-0.05, 0) is 29.5 Å². The predicted molar refractivity (Wildman–Crippen MR) is 86.2 cm³/mol. The lowest BCUT2D eigenvalue weighted by molar-refractivity contribution is -0.144. The van der Waals surface area contributed by atoms with Crippen LogP contribution in [0.2, 0.25) is 0 Å². The Morgan fingerprint density at radius 2 is 2.17 bits per heavy atom. The third kappa shape index (κ3) is 3.02. The summed E-state index contributed by atoms with van der Waals surface area (Å²) in [6.45, 7) is 1.31. The largest absolute Gasteiger partial charge is 0.481 e. The summed E-state index contributed by atoms with van der Waals surface area (Å²) in [7, 11) is 3.00. The molecule has 1 aliphatic rings. The summed E-state index contributed by atoms with van der Waals surface area (Å²) in [6, 6.07) is 4.64. The fourth-order valence-electron chi connectivity index (χ4n) is 2.90. The van der Waals surface area contributed by atoms with Crippen LogP contribution in [0.3, 0.4) is 0 Å². The molecule has 0 aromatic carbocycles. The van der Waals surface area contributed by atoms with Crippen molar-refractivity contribution in [3.63, 3.8) is 0 Å². The SMILES string of the molecule is COc1ccc([C@@H](C(=O)O)N2CCc3sccc3C2)c(OC)n1. The number of hydrogen-bond donors (Lipinski definition) is 1. The Hall–Kier alpha value is -2.12. The van der Waals surface area contributed by atoms with Gasteiger partial charge in [-0.2, -0.15) is 4.98 Å². The number of aromatic nitrogens is 1. The summed E-state index contributed by atoms with van der Waals surface area (Å²) < 4.78 is 10.4. The van der Waals surface area contributed by atoms with Gasteiger partial charge in [0.15, 0.2) is 0 Å². The van der Waals surface area contributed by atoms with E-state index in [4.69, 9.17) is 9.47 Å². The molecule has 2 aromatic heterocycles. The van der Waals surface area contributed by atoms with Crippen molar-refractivity contribution < 1.29 is 19.4 Å². The molecule has 3 rings (SSSR count). The molecule has 0 saturated heterocycles. The first-order valence-electron chi connectivity index (χ1n) is 7.25. The van der Waals surface area contributed by atoms with Crippen molar-refractivity contribution in [3.05, 3.63) is 39.6 Å². The van der Waals surface area contributed by atoms with E-state index in [1.807, 2.05) is 4.90 Å². The van der Waals surface area contributed by atoms with Crippen molar-refractivity contribution in [2.75, 3.05) is 20.8 Å². The van der Waals surface area contributed by atoms with Crippen LogP contribution in [0.5, 0.6) is 11.8 Å². The van der Waals surface area contributed by atoms with Gasteiger partial charge in [0, 0.05) is 29.6 Å².